The molecule has 1 rings (SSSR count). The first kappa shape index (κ1) is 10.4. The number of piperidine rings is 1. The van der Waals surface area contributed by atoms with Crippen molar-refractivity contribution in [2.24, 2.45) is 0 Å². The predicted molar refractivity (Wildman–Crippen MR) is 54.6 cm³/mol. The Bertz CT molecular complexity index is 115. The van der Waals surface area contributed by atoms with Gasteiger partial charge in [0.25, 0.3) is 0 Å². The molecular weight excluding hydrogens is 170 g/mol. The van der Waals surface area contributed by atoms with Crippen LogP contribution in [0.25, 0.3) is 0 Å². The molecule has 2 N–H and O–H groups in total. The first-order valence-corrected chi connectivity index (χ1v) is 5.83. The van der Waals surface area contributed by atoms with Crippen LogP contribution in [-0.4, -0.2) is 35.3 Å². The van der Waals surface area contributed by atoms with E-state index < -0.39 is 0 Å². The van der Waals surface area contributed by atoms with E-state index in [4.69, 9.17) is 5.11 Å². The summed E-state index contributed by atoms with van der Waals surface area (Å²) in [4.78, 5) is 0. The Kier molecular flexibility index (Phi) is 5.04. The maximum atomic E-state index is 8.82. The molecule has 1 heterocycles. The molecule has 2 atom stereocenters. The number of aliphatic hydroxyl groups is 1. The van der Waals surface area contributed by atoms with E-state index in [0.717, 1.165) is 5.75 Å². The van der Waals surface area contributed by atoms with Gasteiger partial charge in [-0.25, -0.2) is 0 Å². The Balaban J connectivity index is 2.05. The SMILES string of the molecule is CC(CO)SCC1CCCCN1. The number of rotatable bonds is 4. The molecule has 0 aromatic heterocycles. The molecule has 0 spiro atoms. The van der Waals surface area contributed by atoms with Crippen LogP contribution in [0.5, 0.6) is 0 Å². The molecule has 1 aliphatic rings. The largest absolute Gasteiger partial charge is 0.395 e. The minimum absolute atomic E-state index is 0.303. The molecule has 0 aromatic carbocycles. The lowest BCUT2D eigenvalue weighted by atomic mass is 10.1. The van der Waals surface area contributed by atoms with E-state index in [1.807, 2.05) is 11.8 Å². The lowest BCUT2D eigenvalue weighted by Gasteiger charge is -2.23. The third kappa shape index (κ3) is 3.78. The third-order valence-corrected chi connectivity index (χ3v) is 3.56. The van der Waals surface area contributed by atoms with Gasteiger partial charge in [0.15, 0.2) is 0 Å². The number of nitrogens with one attached hydrogen (secondary N) is 1. The summed E-state index contributed by atoms with van der Waals surface area (Å²) in [6.45, 7) is 3.56. The van der Waals surface area contributed by atoms with E-state index >= 15 is 0 Å². The Morgan fingerprint density at radius 3 is 3.00 bits per heavy atom. The zero-order valence-corrected chi connectivity index (χ0v) is 8.57. The molecule has 1 aliphatic heterocycles. The molecular formula is C9H19NOS. The van der Waals surface area contributed by atoms with Crippen LogP contribution in [0.4, 0.5) is 0 Å². The highest BCUT2D eigenvalue weighted by Gasteiger charge is 2.13. The third-order valence-electron chi connectivity index (χ3n) is 2.25. The van der Waals surface area contributed by atoms with Gasteiger partial charge in [0.05, 0.1) is 6.61 Å². The van der Waals surface area contributed by atoms with Crippen LogP contribution in [0.3, 0.4) is 0 Å². The van der Waals surface area contributed by atoms with Crippen LogP contribution in [0.1, 0.15) is 26.2 Å². The summed E-state index contributed by atoms with van der Waals surface area (Å²) in [7, 11) is 0. The van der Waals surface area contributed by atoms with E-state index in [9.17, 15) is 0 Å². The van der Waals surface area contributed by atoms with E-state index in [0.29, 0.717) is 17.9 Å². The highest BCUT2D eigenvalue weighted by molar-refractivity contribution is 7.99. The van der Waals surface area contributed by atoms with Crippen LogP contribution in [-0.2, 0) is 0 Å². The van der Waals surface area contributed by atoms with Gasteiger partial charge >= 0.3 is 0 Å². The zero-order valence-electron chi connectivity index (χ0n) is 7.75. The van der Waals surface area contributed by atoms with E-state index in [-0.39, 0.29) is 0 Å². The minimum atomic E-state index is 0.303. The lowest BCUT2D eigenvalue weighted by Crippen LogP contribution is -2.36. The topological polar surface area (TPSA) is 32.3 Å². The fourth-order valence-electron chi connectivity index (χ4n) is 1.40. The predicted octanol–water partition coefficient (Wildman–Crippen LogP) is 1.24. The molecule has 0 aromatic rings. The van der Waals surface area contributed by atoms with Gasteiger partial charge in [0.2, 0.25) is 0 Å². The molecule has 0 bridgehead atoms. The summed E-state index contributed by atoms with van der Waals surface area (Å²) >= 11 is 1.87. The summed E-state index contributed by atoms with van der Waals surface area (Å²) in [6.07, 6.45) is 4.01. The number of aliphatic hydroxyl groups excluding tert-OH is 1. The van der Waals surface area contributed by atoms with Crippen molar-refractivity contribution in [3.05, 3.63) is 0 Å². The van der Waals surface area contributed by atoms with Crippen LogP contribution < -0.4 is 5.32 Å². The second-order valence-corrected chi connectivity index (χ2v) is 4.94. The van der Waals surface area contributed by atoms with E-state index in [1.165, 1.54) is 25.8 Å². The van der Waals surface area contributed by atoms with Crippen molar-refractivity contribution in [2.45, 2.75) is 37.5 Å². The molecule has 2 unspecified atom stereocenters. The van der Waals surface area contributed by atoms with Gasteiger partial charge in [-0.15, -0.1) is 0 Å². The Hall–Kier alpha value is 0.270. The van der Waals surface area contributed by atoms with Crippen molar-refractivity contribution >= 4 is 11.8 Å². The molecule has 0 saturated carbocycles. The number of hydrogen-bond acceptors (Lipinski definition) is 3. The van der Waals surface area contributed by atoms with Crippen molar-refractivity contribution in [1.82, 2.24) is 5.32 Å². The monoisotopic (exact) mass is 189 g/mol. The summed E-state index contributed by atoms with van der Waals surface area (Å²) in [5, 5.41) is 12.7. The first-order valence-electron chi connectivity index (χ1n) is 4.78. The molecule has 12 heavy (non-hydrogen) atoms. The maximum Gasteiger partial charge on any atom is 0.0547 e. The van der Waals surface area contributed by atoms with Gasteiger partial charge in [-0.1, -0.05) is 13.3 Å². The van der Waals surface area contributed by atoms with Gasteiger partial charge in [0.1, 0.15) is 0 Å². The molecule has 3 heteroatoms. The second-order valence-electron chi connectivity index (χ2n) is 3.47. The minimum Gasteiger partial charge on any atom is -0.395 e. The van der Waals surface area contributed by atoms with Crippen LogP contribution in [0.15, 0.2) is 0 Å². The fraction of sp³-hybridized carbons (Fsp3) is 1.00. The van der Waals surface area contributed by atoms with E-state index in [1.54, 1.807) is 0 Å². The Morgan fingerprint density at radius 1 is 1.58 bits per heavy atom. The molecule has 0 radical (unpaired) electrons. The first-order chi connectivity index (χ1) is 5.83. The molecule has 0 aliphatic carbocycles. The van der Waals surface area contributed by atoms with Crippen molar-refractivity contribution in [3.63, 3.8) is 0 Å². The standard InChI is InChI=1S/C9H19NOS/c1-8(6-11)12-7-9-4-2-3-5-10-9/h8-11H,2-7H2,1H3. The van der Waals surface area contributed by atoms with Crippen LogP contribution >= 0.6 is 11.8 Å². The van der Waals surface area contributed by atoms with Crippen molar-refractivity contribution < 1.29 is 5.11 Å². The fourth-order valence-corrected chi connectivity index (χ4v) is 2.35. The highest BCUT2D eigenvalue weighted by Crippen LogP contribution is 2.16. The Labute approximate surface area is 79.1 Å². The molecule has 0 amide bonds. The van der Waals surface area contributed by atoms with E-state index in [2.05, 4.69) is 12.2 Å². The normalized spacial score (nSPS) is 27.0. The Morgan fingerprint density at radius 2 is 2.42 bits per heavy atom. The quantitative estimate of drug-likeness (QED) is 0.698. The van der Waals surface area contributed by atoms with Gasteiger partial charge in [-0.05, 0) is 19.4 Å². The maximum absolute atomic E-state index is 8.82. The number of thioether (sulfide) groups is 1. The summed E-state index contributed by atoms with van der Waals surface area (Å²) in [5.74, 6) is 1.15. The summed E-state index contributed by atoms with van der Waals surface area (Å²) in [5.41, 5.74) is 0. The van der Waals surface area contributed by atoms with Crippen molar-refractivity contribution in [1.29, 1.82) is 0 Å². The van der Waals surface area contributed by atoms with Crippen LogP contribution in [0.2, 0.25) is 0 Å². The molecule has 1 saturated heterocycles. The average molecular weight is 189 g/mol. The molecule has 1 fully saturated rings. The van der Waals surface area contributed by atoms with Crippen molar-refractivity contribution in [3.8, 4) is 0 Å². The molecule has 2 nitrogen and oxygen atoms in total. The average Bonchev–Trinajstić information content (AvgIpc) is 2.16. The highest BCUT2D eigenvalue weighted by atomic mass is 32.2. The molecule has 72 valence electrons. The summed E-state index contributed by atoms with van der Waals surface area (Å²) < 4.78 is 0. The van der Waals surface area contributed by atoms with Crippen molar-refractivity contribution in [2.75, 3.05) is 18.9 Å². The van der Waals surface area contributed by atoms with Gasteiger partial charge in [-0.3, -0.25) is 0 Å². The summed E-state index contributed by atoms with van der Waals surface area (Å²) in [6, 6.07) is 0.692. The second kappa shape index (κ2) is 5.84. The number of hydrogen-bond donors (Lipinski definition) is 2. The lowest BCUT2D eigenvalue weighted by molar-refractivity contribution is 0.299. The smallest absolute Gasteiger partial charge is 0.0547 e. The zero-order chi connectivity index (χ0) is 8.81. The van der Waals surface area contributed by atoms with Gasteiger partial charge < -0.3 is 10.4 Å². The van der Waals surface area contributed by atoms with Crippen LogP contribution in [0, 0.1) is 0 Å². The van der Waals surface area contributed by atoms with Gasteiger partial charge in [-0.2, -0.15) is 11.8 Å². The van der Waals surface area contributed by atoms with Gasteiger partial charge in [0, 0.05) is 17.0 Å².